The van der Waals surface area contributed by atoms with E-state index in [1.54, 1.807) is 18.5 Å². The van der Waals surface area contributed by atoms with Gasteiger partial charge in [0.25, 0.3) is 0 Å². The number of aromatic carboxylic acids is 1. The van der Waals surface area contributed by atoms with Gasteiger partial charge in [0.1, 0.15) is 0 Å². The highest BCUT2D eigenvalue weighted by atomic mass is 16.4. The predicted molar refractivity (Wildman–Crippen MR) is 81.8 cm³/mol. The van der Waals surface area contributed by atoms with Gasteiger partial charge < -0.3 is 14.9 Å². The minimum atomic E-state index is -0.869. The maximum absolute atomic E-state index is 11.3. The number of anilines is 1. The van der Waals surface area contributed by atoms with E-state index in [-0.39, 0.29) is 0 Å². The average molecular weight is 289 g/mol. The second-order valence-electron chi connectivity index (χ2n) is 6.14. The van der Waals surface area contributed by atoms with Crippen LogP contribution < -0.4 is 4.90 Å². The summed E-state index contributed by atoms with van der Waals surface area (Å²) in [6.45, 7) is 5.60. The lowest BCUT2D eigenvalue weighted by Crippen LogP contribution is -2.38. The molecule has 0 aromatic carbocycles. The van der Waals surface area contributed by atoms with Gasteiger partial charge >= 0.3 is 5.97 Å². The largest absolute Gasteiger partial charge is 0.478 e. The fraction of sp³-hybridized carbons (Fsp3) is 0.625. The van der Waals surface area contributed by atoms with Gasteiger partial charge in [-0.25, -0.2) is 4.79 Å². The maximum Gasteiger partial charge on any atom is 0.337 e. The van der Waals surface area contributed by atoms with Crippen molar-refractivity contribution in [2.75, 3.05) is 37.6 Å². The Bertz CT molecular complexity index is 492. The quantitative estimate of drug-likeness (QED) is 0.920. The Labute approximate surface area is 125 Å². The third-order valence-electron chi connectivity index (χ3n) is 4.70. The highest BCUT2D eigenvalue weighted by molar-refractivity contribution is 5.94. The zero-order valence-corrected chi connectivity index (χ0v) is 12.4. The molecule has 5 nitrogen and oxygen atoms in total. The molecule has 1 aromatic heterocycles. The van der Waals surface area contributed by atoms with Crippen LogP contribution in [0.5, 0.6) is 0 Å². The molecule has 0 unspecified atom stereocenters. The molecule has 0 saturated carbocycles. The maximum atomic E-state index is 11.3. The molecule has 3 rings (SSSR count). The zero-order chi connectivity index (χ0) is 14.7. The Morgan fingerprint density at radius 2 is 1.95 bits per heavy atom. The summed E-state index contributed by atoms with van der Waals surface area (Å²) in [7, 11) is 0. The molecule has 5 heteroatoms. The fourth-order valence-corrected chi connectivity index (χ4v) is 3.51. The Kier molecular flexibility index (Phi) is 4.39. The van der Waals surface area contributed by atoms with Crippen molar-refractivity contribution in [2.24, 2.45) is 5.92 Å². The molecule has 114 valence electrons. The van der Waals surface area contributed by atoms with Gasteiger partial charge in [-0.2, -0.15) is 0 Å². The Balaban J connectivity index is 1.59. The van der Waals surface area contributed by atoms with Crippen molar-refractivity contribution in [3.63, 3.8) is 0 Å². The third kappa shape index (κ3) is 3.35. The van der Waals surface area contributed by atoms with Crippen LogP contribution in [0.15, 0.2) is 18.5 Å². The molecule has 0 radical (unpaired) electrons. The van der Waals surface area contributed by atoms with E-state index < -0.39 is 5.97 Å². The summed E-state index contributed by atoms with van der Waals surface area (Å²) >= 11 is 0. The number of carboxylic acid groups (broad SMARTS) is 1. The molecule has 0 amide bonds. The van der Waals surface area contributed by atoms with Crippen LogP contribution >= 0.6 is 0 Å². The first-order valence-electron chi connectivity index (χ1n) is 7.88. The van der Waals surface area contributed by atoms with Crippen molar-refractivity contribution in [2.45, 2.75) is 25.7 Å². The van der Waals surface area contributed by atoms with E-state index in [4.69, 9.17) is 0 Å². The minimum absolute atomic E-state index is 0.364. The van der Waals surface area contributed by atoms with Gasteiger partial charge in [-0.1, -0.05) is 0 Å². The summed E-state index contributed by atoms with van der Waals surface area (Å²) in [5.41, 5.74) is 1.13. The number of nitrogens with zero attached hydrogens (tertiary/aromatic N) is 3. The number of carboxylic acids is 1. The van der Waals surface area contributed by atoms with Crippen molar-refractivity contribution >= 4 is 11.7 Å². The van der Waals surface area contributed by atoms with Crippen molar-refractivity contribution in [1.29, 1.82) is 0 Å². The number of aromatic nitrogens is 1. The lowest BCUT2D eigenvalue weighted by Gasteiger charge is -2.35. The van der Waals surface area contributed by atoms with Crippen molar-refractivity contribution in [1.82, 2.24) is 9.88 Å². The van der Waals surface area contributed by atoms with E-state index in [0.29, 0.717) is 5.56 Å². The molecule has 2 aliphatic heterocycles. The van der Waals surface area contributed by atoms with Crippen LogP contribution in [0.2, 0.25) is 0 Å². The molecular weight excluding hydrogens is 266 g/mol. The molecule has 0 aliphatic carbocycles. The average Bonchev–Trinajstić information content (AvgIpc) is 3.01. The number of carbonyl (C=O) groups is 1. The van der Waals surface area contributed by atoms with Crippen molar-refractivity contribution in [3.05, 3.63) is 24.0 Å². The fourth-order valence-electron chi connectivity index (χ4n) is 3.51. The molecule has 1 aromatic rings. The number of piperidine rings is 1. The summed E-state index contributed by atoms with van der Waals surface area (Å²) in [6.07, 6.45) is 8.21. The van der Waals surface area contributed by atoms with Crippen LogP contribution in [0.1, 0.15) is 36.0 Å². The lowest BCUT2D eigenvalue weighted by molar-refractivity contribution is 0.0697. The van der Waals surface area contributed by atoms with Crippen LogP contribution in [-0.4, -0.2) is 53.7 Å². The molecule has 0 bridgehead atoms. The third-order valence-corrected chi connectivity index (χ3v) is 4.70. The molecule has 2 fully saturated rings. The summed E-state index contributed by atoms with van der Waals surface area (Å²) in [4.78, 5) is 20.1. The SMILES string of the molecule is O=C(O)c1ccncc1N1CCC(CN2CCCC2)CC1. The van der Waals surface area contributed by atoms with Crippen LogP contribution in [0.3, 0.4) is 0 Å². The molecular formula is C16H23N3O2. The summed E-state index contributed by atoms with van der Waals surface area (Å²) in [6, 6.07) is 1.59. The van der Waals surface area contributed by atoms with Gasteiger partial charge in [0.05, 0.1) is 17.4 Å². The number of hydrogen-bond acceptors (Lipinski definition) is 4. The van der Waals surface area contributed by atoms with Gasteiger partial charge in [0.2, 0.25) is 0 Å². The minimum Gasteiger partial charge on any atom is -0.478 e. The summed E-state index contributed by atoms with van der Waals surface area (Å²) < 4.78 is 0. The van der Waals surface area contributed by atoms with E-state index in [1.807, 2.05) is 0 Å². The van der Waals surface area contributed by atoms with Crippen molar-refractivity contribution < 1.29 is 9.90 Å². The number of likely N-dealkylation sites (tertiary alicyclic amines) is 1. The van der Waals surface area contributed by atoms with Gasteiger partial charge in [-0.05, 0) is 50.8 Å². The van der Waals surface area contributed by atoms with Gasteiger partial charge in [-0.3, -0.25) is 4.98 Å². The second-order valence-corrected chi connectivity index (χ2v) is 6.14. The van der Waals surface area contributed by atoms with E-state index >= 15 is 0 Å². The summed E-state index contributed by atoms with van der Waals surface area (Å²) in [5, 5.41) is 9.28. The molecule has 3 heterocycles. The lowest BCUT2D eigenvalue weighted by atomic mass is 9.95. The second kappa shape index (κ2) is 6.43. The highest BCUT2D eigenvalue weighted by Gasteiger charge is 2.25. The van der Waals surface area contributed by atoms with Gasteiger partial charge in [0, 0.05) is 25.8 Å². The zero-order valence-electron chi connectivity index (χ0n) is 12.4. The van der Waals surface area contributed by atoms with E-state index in [9.17, 15) is 9.90 Å². The van der Waals surface area contributed by atoms with E-state index in [1.165, 1.54) is 32.5 Å². The highest BCUT2D eigenvalue weighted by Crippen LogP contribution is 2.26. The molecule has 2 saturated heterocycles. The Morgan fingerprint density at radius 3 is 2.62 bits per heavy atom. The smallest absolute Gasteiger partial charge is 0.337 e. The Morgan fingerprint density at radius 1 is 1.24 bits per heavy atom. The first-order valence-corrected chi connectivity index (χ1v) is 7.88. The Hall–Kier alpha value is -1.62. The van der Waals surface area contributed by atoms with Crippen molar-refractivity contribution in [3.8, 4) is 0 Å². The molecule has 0 atom stereocenters. The molecule has 0 spiro atoms. The number of hydrogen-bond donors (Lipinski definition) is 1. The monoisotopic (exact) mass is 289 g/mol. The molecule has 1 N–H and O–H groups in total. The van der Waals surface area contributed by atoms with Crippen LogP contribution in [0, 0.1) is 5.92 Å². The van der Waals surface area contributed by atoms with Gasteiger partial charge in [0.15, 0.2) is 0 Å². The molecule has 2 aliphatic rings. The van der Waals surface area contributed by atoms with E-state index in [2.05, 4.69) is 14.8 Å². The van der Waals surface area contributed by atoms with Crippen LogP contribution in [-0.2, 0) is 0 Å². The first-order chi connectivity index (χ1) is 10.2. The van der Waals surface area contributed by atoms with Gasteiger partial charge in [-0.15, -0.1) is 0 Å². The topological polar surface area (TPSA) is 56.7 Å². The number of pyridine rings is 1. The number of rotatable bonds is 4. The first kappa shape index (κ1) is 14.3. The predicted octanol–water partition coefficient (Wildman–Crippen LogP) is 2.09. The standard InChI is InChI=1S/C16H23N3O2/c20-16(21)14-3-6-17-11-15(14)19-9-4-13(5-10-19)12-18-7-1-2-8-18/h3,6,11,13H,1-2,4-5,7-10,12H2,(H,20,21). The molecule has 21 heavy (non-hydrogen) atoms. The van der Waals surface area contributed by atoms with Crippen LogP contribution in [0.4, 0.5) is 5.69 Å². The normalized spacial score (nSPS) is 20.9. The van der Waals surface area contributed by atoms with E-state index in [0.717, 1.165) is 37.5 Å². The van der Waals surface area contributed by atoms with Crippen LogP contribution in [0.25, 0.3) is 0 Å². The summed E-state index contributed by atoms with van der Waals surface area (Å²) in [5.74, 6) is -0.115.